The number of hydrogen-bond donors (Lipinski definition) is 1. The van der Waals surface area contributed by atoms with Crippen LogP contribution >= 0.6 is 0 Å². The number of hydrogen-bond acceptors (Lipinski definition) is 4. The van der Waals surface area contributed by atoms with Crippen LogP contribution in [0.5, 0.6) is 0 Å². The van der Waals surface area contributed by atoms with Crippen LogP contribution in [0.2, 0.25) is 0 Å². The summed E-state index contributed by atoms with van der Waals surface area (Å²) in [6.07, 6.45) is 2.24. The van der Waals surface area contributed by atoms with Gasteiger partial charge in [0.05, 0.1) is 11.9 Å². The monoisotopic (exact) mass is 553 g/mol. The number of benzene rings is 3. The zero-order valence-corrected chi connectivity index (χ0v) is 23.2. The second-order valence-corrected chi connectivity index (χ2v) is 11.3. The molecule has 0 unspecified atom stereocenters. The second kappa shape index (κ2) is 14.4. The maximum absolute atomic E-state index is 14.4. The second-order valence-electron chi connectivity index (χ2n) is 9.39. The molecule has 0 aliphatic rings. The Balaban J connectivity index is 1.85. The zero-order valence-electron chi connectivity index (χ0n) is 22.4. The zero-order chi connectivity index (χ0) is 28.3. The molecule has 0 aliphatic heterocycles. The SMILES string of the molecule is CCCNC(=O)[C@@H](Cc1ccccc1)N(Cc1ccccc1)C(=O)CCCN(c1ccccc1F)S(C)(=O)=O. The van der Waals surface area contributed by atoms with Gasteiger partial charge in [-0.15, -0.1) is 0 Å². The van der Waals surface area contributed by atoms with Crippen molar-refractivity contribution in [3.8, 4) is 0 Å². The maximum atomic E-state index is 14.4. The van der Waals surface area contributed by atoms with E-state index in [1.807, 2.05) is 67.6 Å². The molecule has 1 atom stereocenters. The summed E-state index contributed by atoms with van der Waals surface area (Å²) in [7, 11) is -3.78. The maximum Gasteiger partial charge on any atom is 0.243 e. The van der Waals surface area contributed by atoms with Crippen LogP contribution in [0.15, 0.2) is 84.9 Å². The minimum absolute atomic E-state index is 0.0142. The Morgan fingerprint density at radius 2 is 1.49 bits per heavy atom. The van der Waals surface area contributed by atoms with E-state index in [1.54, 1.807) is 11.0 Å². The van der Waals surface area contributed by atoms with E-state index < -0.39 is 21.9 Å². The predicted octanol–water partition coefficient (Wildman–Crippen LogP) is 4.54. The van der Waals surface area contributed by atoms with Gasteiger partial charge in [-0.05, 0) is 36.1 Å². The molecule has 0 saturated heterocycles. The van der Waals surface area contributed by atoms with Gasteiger partial charge in [0, 0.05) is 32.5 Å². The topological polar surface area (TPSA) is 86.8 Å². The number of sulfonamides is 1. The van der Waals surface area contributed by atoms with Crippen molar-refractivity contribution < 1.29 is 22.4 Å². The average molecular weight is 554 g/mol. The Kier molecular flexibility index (Phi) is 11.0. The molecule has 3 rings (SSSR count). The third-order valence-corrected chi connectivity index (χ3v) is 7.47. The van der Waals surface area contributed by atoms with Gasteiger partial charge in [-0.25, -0.2) is 12.8 Å². The molecule has 3 aromatic carbocycles. The van der Waals surface area contributed by atoms with Crippen LogP contribution < -0.4 is 9.62 Å². The molecule has 0 heterocycles. The Hall–Kier alpha value is -3.72. The van der Waals surface area contributed by atoms with Crippen LogP contribution in [0.4, 0.5) is 10.1 Å². The van der Waals surface area contributed by atoms with Gasteiger partial charge < -0.3 is 10.2 Å². The Labute approximate surface area is 230 Å². The van der Waals surface area contributed by atoms with Crippen LogP contribution in [0.1, 0.15) is 37.3 Å². The van der Waals surface area contributed by atoms with Crippen LogP contribution in [0.25, 0.3) is 0 Å². The molecule has 0 aliphatic carbocycles. The molecule has 0 spiro atoms. The molecule has 0 fully saturated rings. The highest BCUT2D eigenvalue weighted by atomic mass is 32.2. The predicted molar refractivity (Wildman–Crippen MR) is 152 cm³/mol. The summed E-state index contributed by atoms with van der Waals surface area (Å²) < 4.78 is 40.3. The Morgan fingerprint density at radius 3 is 2.08 bits per heavy atom. The van der Waals surface area contributed by atoms with Crippen molar-refractivity contribution in [2.75, 3.05) is 23.7 Å². The molecule has 1 N–H and O–H groups in total. The Morgan fingerprint density at radius 1 is 0.897 bits per heavy atom. The molecule has 0 bridgehead atoms. The smallest absolute Gasteiger partial charge is 0.243 e. The van der Waals surface area contributed by atoms with Gasteiger partial charge in [-0.3, -0.25) is 13.9 Å². The fraction of sp³-hybridized carbons (Fsp3) is 0.333. The number of halogens is 1. The molecule has 9 heteroatoms. The first-order valence-corrected chi connectivity index (χ1v) is 14.9. The summed E-state index contributed by atoms with van der Waals surface area (Å²) in [5.41, 5.74) is 1.73. The van der Waals surface area contributed by atoms with Crippen LogP contribution in [-0.2, 0) is 32.6 Å². The van der Waals surface area contributed by atoms with Gasteiger partial charge in [0.25, 0.3) is 0 Å². The highest BCUT2D eigenvalue weighted by Crippen LogP contribution is 2.23. The van der Waals surface area contributed by atoms with E-state index in [1.165, 1.54) is 18.2 Å². The molecular formula is C30H36FN3O4S. The molecule has 2 amide bonds. The van der Waals surface area contributed by atoms with E-state index in [4.69, 9.17) is 0 Å². The fourth-order valence-corrected chi connectivity index (χ4v) is 5.30. The van der Waals surface area contributed by atoms with Gasteiger partial charge in [0.1, 0.15) is 11.9 Å². The molecule has 0 aromatic heterocycles. The Bertz CT molecular complexity index is 1320. The van der Waals surface area contributed by atoms with Crippen LogP contribution in [0.3, 0.4) is 0 Å². The van der Waals surface area contributed by atoms with Crippen molar-refractivity contribution in [2.24, 2.45) is 0 Å². The molecule has 0 saturated carbocycles. The normalized spacial score (nSPS) is 12.0. The first kappa shape index (κ1) is 29.8. The number of anilines is 1. The van der Waals surface area contributed by atoms with E-state index in [0.717, 1.165) is 28.1 Å². The quantitative estimate of drug-likeness (QED) is 0.318. The minimum Gasteiger partial charge on any atom is -0.354 e. The lowest BCUT2D eigenvalue weighted by Gasteiger charge is -2.32. The van der Waals surface area contributed by atoms with Crippen molar-refractivity contribution >= 4 is 27.5 Å². The summed E-state index contributed by atoms with van der Waals surface area (Å²) in [6, 6.07) is 23.8. The van der Waals surface area contributed by atoms with E-state index in [-0.39, 0.29) is 43.4 Å². The standard InChI is InChI=1S/C30H36FN3O4S/c1-3-20-32-30(36)28(22-24-13-6-4-7-14-24)33(23-25-15-8-5-9-16-25)29(35)19-12-21-34(39(2,37)38)27-18-11-10-17-26(27)31/h4-11,13-18,28H,3,12,19-23H2,1-2H3,(H,32,36)/t28-/m1/s1. The van der Waals surface area contributed by atoms with Gasteiger partial charge in [0.15, 0.2) is 0 Å². The first-order valence-electron chi connectivity index (χ1n) is 13.1. The van der Waals surface area contributed by atoms with E-state index in [2.05, 4.69) is 5.32 Å². The van der Waals surface area contributed by atoms with Crippen LogP contribution in [-0.4, -0.2) is 50.5 Å². The van der Waals surface area contributed by atoms with Gasteiger partial charge in [-0.1, -0.05) is 79.7 Å². The lowest BCUT2D eigenvalue weighted by atomic mass is 10.0. The summed E-state index contributed by atoms with van der Waals surface area (Å²) in [4.78, 5) is 28.6. The first-order chi connectivity index (χ1) is 18.7. The highest BCUT2D eigenvalue weighted by Gasteiger charge is 2.30. The van der Waals surface area contributed by atoms with Crippen LogP contribution in [0, 0.1) is 5.82 Å². The minimum atomic E-state index is -3.78. The summed E-state index contributed by atoms with van der Waals surface area (Å²) in [5.74, 6) is -1.18. The number of carbonyl (C=O) groups excluding carboxylic acids is 2. The number of nitrogens with zero attached hydrogens (tertiary/aromatic N) is 2. The van der Waals surface area contributed by atoms with Crippen molar-refractivity contribution in [3.05, 3.63) is 102 Å². The van der Waals surface area contributed by atoms with E-state index >= 15 is 0 Å². The number of nitrogens with one attached hydrogen (secondary N) is 1. The molecule has 208 valence electrons. The van der Waals surface area contributed by atoms with Crippen molar-refractivity contribution in [3.63, 3.8) is 0 Å². The van der Waals surface area contributed by atoms with Gasteiger partial charge in [-0.2, -0.15) is 0 Å². The fourth-order valence-electron chi connectivity index (χ4n) is 4.34. The molecular weight excluding hydrogens is 517 g/mol. The summed E-state index contributed by atoms with van der Waals surface area (Å²) in [6.45, 7) is 2.60. The average Bonchev–Trinajstić information content (AvgIpc) is 2.92. The highest BCUT2D eigenvalue weighted by molar-refractivity contribution is 7.92. The van der Waals surface area contributed by atoms with Gasteiger partial charge in [0.2, 0.25) is 21.8 Å². The summed E-state index contributed by atoms with van der Waals surface area (Å²) in [5, 5.41) is 2.93. The van der Waals surface area contributed by atoms with Gasteiger partial charge >= 0.3 is 0 Å². The lowest BCUT2D eigenvalue weighted by molar-refractivity contribution is -0.141. The molecule has 7 nitrogen and oxygen atoms in total. The number of rotatable bonds is 14. The summed E-state index contributed by atoms with van der Waals surface area (Å²) >= 11 is 0. The largest absolute Gasteiger partial charge is 0.354 e. The number of para-hydroxylation sites is 1. The number of amides is 2. The van der Waals surface area contributed by atoms with E-state index in [0.29, 0.717) is 13.0 Å². The van der Waals surface area contributed by atoms with Crippen molar-refractivity contribution in [1.29, 1.82) is 0 Å². The lowest BCUT2D eigenvalue weighted by Crippen LogP contribution is -2.50. The van der Waals surface area contributed by atoms with Crippen molar-refractivity contribution in [1.82, 2.24) is 10.2 Å². The van der Waals surface area contributed by atoms with E-state index in [9.17, 15) is 22.4 Å². The molecule has 3 aromatic rings. The molecule has 39 heavy (non-hydrogen) atoms. The van der Waals surface area contributed by atoms with Crippen molar-refractivity contribution in [2.45, 2.75) is 45.2 Å². The molecule has 0 radical (unpaired) electrons. The number of carbonyl (C=O) groups is 2. The third-order valence-electron chi connectivity index (χ3n) is 6.29. The third kappa shape index (κ3) is 8.92.